The zero-order valence-corrected chi connectivity index (χ0v) is 10.3. The van der Waals surface area contributed by atoms with E-state index in [0.29, 0.717) is 0 Å². The molecule has 16 heavy (non-hydrogen) atoms. The third-order valence-corrected chi connectivity index (χ3v) is 1.73. The van der Waals surface area contributed by atoms with Crippen LogP contribution in [0.2, 0.25) is 0 Å². The van der Waals surface area contributed by atoms with Crippen molar-refractivity contribution in [1.82, 2.24) is 0 Å². The number of esters is 1. The van der Waals surface area contributed by atoms with Crippen LogP contribution in [0.3, 0.4) is 0 Å². The molecule has 0 saturated carbocycles. The molecule has 0 aliphatic rings. The highest BCUT2D eigenvalue weighted by Crippen LogP contribution is 2.14. The van der Waals surface area contributed by atoms with E-state index >= 15 is 0 Å². The van der Waals surface area contributed by atoms with E-state index in [9.17, 15) is 9.59 Å². The van der Waals surface area contributed by atoms with Crippen molar-refractivity contribution in [3.63, 3.8) is 0 Å². The van der Waals surface area contributed by atoms with E-state index < -0.39 is 11.4 Å². The minimum atomic E-state index is -0.840. The molecule has 0 spiro atoms. The Labute approximate surface area is 96.6 Å². The Morgan fingerprint density at radius 2 is 1.75 bits per heavy atom. The van der Waals surface area contributed by atoms with E-state index in [-0.39, 0.29) is 11.9 Å². The van der Waals surface area contributed by atoms with Crippen molar-refractivity contribution in [3.05, 3.63) is 25.5 Å². The predicted molar refractivity (Wildman–Crippen MR) is 62.7 cm³/mol. The van der Waals surface area contributed by atoms with Gasteiger partial charge in [-0.1, -0.05) is 26.5 Å². The fourth-order valence-electron chi connectivity index (χ4n) is 0.306. The largest absolute Gasteiger partial charge is 0.481 e. The monoisotopic (exact) mass is 228 g/mol. The summed E-state index contributed by atoms with van der Waals surface area (Å²) in [7, 11) is 0. The summed E-state index contributed by atoms with van der Waals surface area (Å²) in [5, 5.41) is 8.37. The van der Waals surface area contributed by atoms with Crippen LogP contribution in [0.5, 0.6) is 0 Å². The molecular formula is C12H20O4. The van der Waals surface area contributed by atoms with Gasteiger partial charge in [0.25, 0.3) is 0 Å². The van der Waals surface area contributed by atoms with Crippen molar-refractivity contribution < 1.29 is 19.4 Å². The van der Waals surface area contributed by atoms with Gasteiger partial charge in [-0.25, -0.2) is 0 Å². The maximum atomic E-state index is 10.4. The van der Waals surface area contributed by atoms with E-state index in [1.165, 1.54) is 6.08 Å². The van der Waals surface area contributed by atoms with Gasteiger partial charge in [0.1, 0.15) is 0 Å². The average molecular weight is 228 g/mol. The second-order valence-electron chi connectivity index (χ2n) is 3.99. The van der Waals surface area contributed by atoms with Crippen molar-refractivity contribution in [2.45, 2.75) is 27.7 Å². The molecule has 0 aliphatic carbocycles. The smallest absolute Gasteiger partial charge is 0.313 e. The molecule has 0 saturated heterocycles. The summed E-state index contributed by atoms with van der Waals surface area (Å²) in [6.45, 7) is 13.4. The Kier molecular flexibility index (Phi) is 8.08. The normalized spacial score (nSPS) is 9.81. The fourth-order valence-corrected chi connectivity index (χ4v) is 0.306. The highest BCUT2D eigenvalue weighted by atomic mass is 16.5. The van der Waals surface area contributed by atoms with Crippen molar-refractivity contribution in [2.75, 3.05) is 0 Å². The Balaban J connectivity index is 0. The van der Waals surface area contributed by atoms with E-state index in [1.807, 2.05) is 0 Å². The minimum absolute atomic E-state index is 0.0620. The highest BCUT2D eigenvalue weighted by molar-refractivity contribution is 5.75. The number of carbonyl (C=O) groups excluding carboxylic acids is 1. The second kappa shape index (κ2) is 7.68. The quantitative estimate of drug-likeness (QED) is 0.456. The number of carbonyl (C=O) groups is 2. The molecule has 0 aliphatic heterocycles. The number of carboxylic acid groups (broad SMARTS) is 1. The molecule has 4 heteroatoms. The van der Waals surface area contributed by atoms with Gasteiger partial charge in [0.05, 0.1) is 17.6 Å². The molecule has 0 amide bonds. The van der Waals surface area contributed by atoms with Gasteiger partial charge in [-0.3, -0.25) is 9.59 Å². The molecule has 0 aromatic carbocycles. The van der Waals surface area contributed by atoms with Crippen LogP contribution in [0.15, 0.2) is 25.5 Å². The van der Waals surface area contributed by atoms with Crippen LogP contribution >= 0.6 is 0 Å². The molecule has 0 aromatic rings. The van der Waals surface area contributed by atoms with Crippen LogP contribution in [-0.2, 0) is 14.3 Å². The first kappa shape index (κ1) is 16.8. The van der Waals surface area contributed by atoms with Gasteiger partial charge >= 0.3 is 11.9 Å². The number of hydrogen-bond acceptors (Lipinski definition) is 3. The lowest BCUT2D eigenvalue weighted by Gasteiger charge is -2.10. The lowest BCUT2D eigenvalue weighted by Crippen LogP contribution is -2.19. The van der Waals surface area contributed by atoms with Crippen LogP contribution in [-0.4, -0.2) is 17.0 Å². The molecular weight excluding hydrogens is 208 g/mol. The summed E-state index contributed by atoms with van der Waals surface area (Å²) in [5.41, 5.74) is -0.778. The van der Waals surface area contributed by atoms with Crippen LogP contribution in [0.25, 0.3) is 0 Å². The van der Waals surface area contributed by atoms with Gasteiger partial charge in [0.15, 0.2) is 0 Å². The fraction of sp³-hybridized carbons (Fsp3) is 0.500. The number of aliphatic carboxylic acids is 1. The van der Waals surface area contributed by atoms with Crippen LogP contribution in [0.4, 0.5) is 0 Å². The van der Waals surface area contributed by atoms with Gasteiger partial charge in [-0.15, -0.1) is 6.58 Å². The molecule has 92 valence electrons. The molecule has 1 N–H and O–H groups in total. The molecule has 0 unspecified atom stereocenters. The summed E-state index contributed by atoms with van der Waals surface area (Å²) in [6, 6.07) is 0. The molecule has 0 heterocycles. The van der Waals surface area contributed by atoms with Crippen molar-refractivity contribution in [3.8, 4) is 0 Å². The summed E-state index contributed by atoms with van der Waals surface area (Å²) in [4.78, 5) is 20.6. The first-order valence-electron chi connectivity index (χ1n) is 4.87. The Bertz CT molecular complexity index is 262. The van der Waals surface area contributed by atoms with Gasteiger partial charge in [0, 0.05) is 0 Å². The Morgan fingerprint density at radius 1 is 1.31 bits per heavy atom. The maximum absolute atomic E-state index is 10.4. The maximum Gasteiger partial charge on any atom is 0.313 e. The summed E-state index contributed by atoms with van der Waals surface area (Å²) < 4.78 is 4.43. The second-order valence-corrected chi connectivity index (χ2v) is 3.99. The summed E-state index contributed by atoms with van der Waals surface area (Å²) in [5.74, 6) is -1.14. The van der Waals surface area contributed by atoms with E-state index in [2.05, 4.69) is 17.9 Å². The SMILES string of the molecule is C=CC(C)(C)C(=O)O.C=COC(=O)C(C)C. The van der Waals surface area contributed by atoms with Crippen molar-refractivity contribution in [2.24, 2.45) is 11.3 Å². The third-order valence-electron chi connectivity index (χ3n) is 1.73. The Hall–Kier alpha value is -1.58. The number of rotatable bonds is 4. The molecule has 0 bridgehead atoms. The summed E-state index contributed by atoms with van der Waals surface area (Å²) in [6.07, 6.45) is 2.55. The molecule has 0 radical (unpaired) electrons. The van der Waals surface area contributed by atoms with E-state index in [4.69, 9.17) is 5.11 Å². The molecule has 4 nitrogen and oxygen atoms in total. The molecule has 0 aromatic heterocycles. The zero-order chi connectivity index (χ0) is 13.4. The van der Waals surface area contributed by atoms with E-state index in [1.54, 1.807) is 27.7 Å². The minimum Gasteiger partial charge on any atom is -0.481 e. The van der Waals surface area contributed by atoms with Crippen molar-refractivity contribution >= 4 is 11.9 Å². The summed E-state index contributed by atoms with van der Waals surface area (Å²) >= 11 is 0. The predicted octanol–water partition coefficient (Wildman–Crippen LogP) is 2.61. The first-order valence-corrected chi connectivity index (χ1v) is 4.87. The lowest BCUT2D eigenvalue weighted by molar-refractivity contribution is -0.144. The van der Waals surface area contributed by atoms with Gasteiger partial charge in [-0.05, 0) is 13.8 Å². The zero-order valence-electron chi connectivity index (χ0n) is 10.3. The highest BCUT2D eigenvalue weighted by Gasteiger charge is 2.21. The van der Waals surface area contributed by atoms with Gasteiger partial charge in [0.2, 0.25) is 0 Å². The molecule has 0 fully saturated rings. The lowest BCUT2D eigenvalue weighted by atomic mass is 9.95. The van der Waals surface area contributed by atoms with Crippen LogP contribution in [0, 0.1) is 11.3 Å². The van der Waals surface area contributed by atoms with E-state index in [0.717, 1.165) is 6.26 Å². The first-order chi connectivity index (χ1) is 7.18. The van der Waals surface area contributed by atoms with Gasteiger partial charge < -0.3 is 9.84 Å². The average Bonchev–Trinajstić information content (AvgIpc) is 2.18. The standard InChI is InChI=1S/2C6H10O2/c1-4-6(2,3)5(7)8;1-4-8-6(7)5(2)3/h4H,1H2,2-3H3,(H,7,8);4-5H,1H2,2-3H3. The topological polar surface area (TPSA) is 63.6 Å². The van der Waals surface area contributed by atoms with Gasteiger partial charge in [-0.2, -0.15) is 0 Å². The number of carboxylic acids is 1. The third kappa shape index (κ3) is 7.79. The van der Waals surface area contributed by atoms with Crippen molar-refractivity contribution in [1.29, 1.82) is 0 Å². The Morgan fingerprint density at radius 3 is 1.81 bits per heavy atom. The molecule has 0 rings (SSSR count). The number of ether oxygens (including phenoxy) is 1. The number of hydrogen-bond donors (Lipinski definition) is 1. The molecule has 0 atom stereocenters. The van der Waals surface area contributed by atoms with Crippen LogP contribution < -0.4 is 0 Å². The van der Waals surface area contributed by atoms with Crippen LogP contribution in [0.1, 0.15) is 27.7 Å².